The number of nitriles is 1. The van der Waals surface area contributed by atoms with Crippen molar-refractivity contribution < 1.29 is 23.0 Å². The van der Waals surface area contributed by atoms with Gasteiger partial charge < -0.3 is 19.3 Å². The Morgan fingerprint density at radius 3 is 2.62 bits per heavy atom. The van der Waals surface area contributed by atoms with E-state index in [1.807, 2.05) is 0 Å². The molecule has 14 heteroatoms. The molecule has 2 atom stereocenters. The first-order valence-corrected chi connectivity index (χ1v) is 16.5. The molecule has 0 spiro atoms. The fraction of sp³-hybridized carbons (Fsp3) is 0.485. The number of ether oxygens (including phenoxy) is 2. The summed E-state index contributed by atoms with van der Waals surface area (Å²) in [6, 6.07) is 2.91. The zero-order valence-electron chi connectivity index (χ0n) is 27.0. The molecule has 0 radical (unpaired) electrons. The Kier molecular flexibility index (Phi) is 7.99. The van der Waals surface area contributed by atoms with E-state index in [-0.39, 0.29) is 50.6 Å². The molecule has 1 N–H and O–H groups in total. The van der Waals surface area contributed by atoms with Gasteiger partial charge in [0.25, 0.3) is 0 Å². The van der Waals surface area contributed by atoms with Crippen molar-refractivity contribution in [1.29, 1.82) is 5.26 Å². The number of aromatic nitrogens is 3. The van der Waals surface area contributed by atoms with Crippen LogP contribution in [0.15, 0.2) is 12.4 Å². The summed E-state index contributed by atoms with van der Waals surface area (Å²) >= 11 is 0.870. The third-order valence-electron chi connectivity index (χ3n) is 9.28. The molecule has 11 nitrogen and oxygen atoms in total. The number of carbonyl (C=O) groups excluding carboxylic acids is 1. The number of nitrogens with zero attached hydrogens (tertiary/aromatic N) is 7. The summed E-state index contributed by atoms with van der Waals surface area (Å²) < 4.78 is 43.3. The van der Waals surface area contributed by atoms with Gasteiger partial charge in [0.15, 0.2) is 11.6 Å². The van der Waals surface area contributed by atoms with E-state index in [2.05, 4.69) is 50.1 Å². The Bertz CT molecular complexity index is 1950. The highest BCUT2D eigenvalue weighted by Gasteiger charge is 2.35. The summed E-state index contributed by atoms with van der Waals surface area (Å²) in [4.78, 5) is 33.3. The number of pyridine rings is 1. The van der Waals surface area contributed by atoms with Gasteiger partial charge in [-0.25, -0.2) is 23.5 Å². The molecule has 246 valence electrons. The smallest absolute Gasteiger partial charge is 0.412 e. The minimum absolute atomic E-state index is 0.0333. The van der Waals surface area contributed by atoms with Crippen LogP contribution in [-0.2, 0) is 22.7 Å². The minimum atomic E-state index is -0.795. The van der Waals surface area contributed by atoms with Crippen molar-refractivity contribution in [1.82, 2.24) is 24.8 Å². The van der Waals surface area contributed by atoms with Gasteiger partial charge in [-0.3, -0.25) is 15.2 Å². The second-order valence-corrected chi connectivity index (χ2v) is 14.6. The zero-order valence-corrected chi connectivity index (χ0v) is 27.8. The van der Waals surface area contributed by atoms with E-state index in [1.165, 1.54) is 0 Å². The third-order valence-corrected chi connectivity index (χ3v) is 10.4. The number of rotatable bonds is 5. The van der Waals surface area contributed by atoms with Gasteiger partial charge in [-0.1, -0.05) is 0 Å². The second-order valence-electron chi connectivity index (χ2n) is 13.5. The number of anilines is 2. The molecule has 2 fully saturated rings. The summed E-state index contributed by atoms with van der Waals surface area (Å²) in [5.41, 5.74) is 0.747. The maximum atomic E-state index is 16.9. The fourth-order valence-corrected chi connectivity index (χ4v) is 7.99. The van der Waals surface area contributed by atoms with Crippen LogP contribution in [0.5, 0.6) is 0 Å². The van der Waals surface area contributed by atoms with Crippen LogP contribution >= 0.6 is 11.3 Å². The van der Waals surface area contributed by atoms with Crippen molar-refractivity contribution in [3.8, 4) is 17.3 Å². The van der Waals surface area contributed by atoms with E-state index in [9.17, 15) is 10.1 Å². The maximum absolute atomic E-state index is 16.9. The molecule has 1 aromatic carbocycles. The predicted molar refractivity (Wildman–Crippen MR) is 175 cm³/mol. The predicted octanol–water partition coefficient (Wildman–Crippen LogP) is 5.65. The summed E-state index contributed by atoms with van der Waals surface area (Å²) in [7, 11) is 4.33. The molecule has 4 aromatic rings. The molecule has 1 amide bonds. The average Bonchev–Trinajstić information content (AvgIpc) is 3.83. The first-order chi connectivity index (χ1) is 22.4. The molecule has 47 heavy (non-hydrogen) atoms. The lowest BCUT2D eigenvalue weighted by Gasteiger charge is -2.30. The highest BCUT2D eigenvalue weighted by Crippen LogP contribution is 2.46. The second kappa shape index (κ2) is 11.9. The van der Waals surface area contributed by atoms with Gasteiger partial charge >= 0.3 is 6.09 Å². The van der Waals surface area contributed by atoms with Crippen LogP contribution < -0.4 is 10.2 Å². The number of halogens is 2. The molecule has 0 saturated carbocycles. The number of amides is 1. The number of thiophene rings is 1. The molecule has 7 rings (SSSR count). The Morgan fingerprint density at radius 1 is 1.15 bits per heavy atom. The SMILES string of the molecule is CN1CC[C@H](N(C)[C@H]2CCN(c3ncc4c5c(c(-c6ncc(F)c7sc(NC(=O)OC(C)(C)C)c(C#N)c67)c(F)c4n3)COC5)C2)C1. The van der Waals surface area contributed by atoms with Crippen LogP contribution in [0.1, 0.15) is 50.3 Å². The van der Waals surface area contributed by atoms with Crippen LogP contribution in [0.4, 0.5) is 24.5 Å². The molecule has 0 aliphatic carbocycles. The Labute approximate surface area is 275 Å². The van der Waals surface area contributed by atoms with Crippen molar-refractivity contribution in [2.75, 3.05) is 50.5 Å². The summed E-state index contributed by atoms with van der Waals surface area (Å²) in [6.07, 6.45) is 3.96. The van der Waals surface area contributed by atoms with E-state index >= 15 is 8.78 Å². The lowest BCUT2D eigenvalue weighted by Crippen LogP contribution is -2.43. The minimum Gasteiger partial charge on any atom is -0.444 e. The Morgan fingerprint density at radius 2 is 1.89 bits per heavy atom. The largest absolute Gasteiger partial charge is 0.444 e. The molecule has 0 unspecified atom stereocenters. The average molecular weight is 663 g/mol. The van der Waals surface area contributed by atoms with Crippen molar-refractivity contribution in [2.45, 2.75) is 64.5 Å². The lowest BCUT2D eigenvalue weighted by molar-refractivity contribution is 0.0636. The van der Waals surface area contributed by atoms with Crippen LogP contribution in [0.25, 0.3) is 32.2 Å². The molecule has 3 aliphatic heterocycles. The van der Waals surface area contributed by atoms with Crippen LogP contribution in [0.3, 0.4) is 0 Å². The van der Waals surface area contributed by atoms with Gasteiger partial charge in [-0.2, -0.15) is 5.26 Å². The highest BCUT2D eigenvalue weighted by atomic mass is 32.1. The van der Waals surface area contributed by atoms with Crippen molar-refractivity contribution in [3.63, 3.8) is 0 Å². The number of benzene rings is 1. The molecule has 3 aromatic heterocycles. The third kappa shape index (κ3) is 5.65. The van der Waals surface area contributed by atoms with Gasteiger partial charge in [0, 0.05) is 54.3 Å². The Balaban J connectivity index is 1.30. The van der Waals surface area contributed by atoms with E-state index in [0.717, 1.165) is 62.1 Å². The zero-order chi connectivity index (χ0) is 33.2. The van der Waals surface area contributed by atoms with Crippen molar-refractivity contribution in [3.05, 3.63) is 40.7 Å². The number of hydrogen-bond acceptors (Lipinski definition) is 11. The van der Waals surface area contributed by atoms with E-state index < -0.39 is 23.3 Å². The van der Waals surface area contributed by atoms with E-state index in [1.54, 1.807) is 27.0 Å². The number of likely N-dealkylation sites (tertiary alicyclic amines) is 1. The topological polar surface area (TPSA) is 120 Å². The number of likely N-dealkylation sites (N-methyl/N-ethyl adjacent to an activating group) is 2. The molecule has 3 aliphatic rings. The van der Waals surface area contributed by atoms with Crippen LogP contribution in [0.2, 0.25) is 0 Å². The number of carbonyl (C=O) groups is 1. The van der Waals surface area contributed by atoms with E-state index in [4.69, 9.17) is 14.5 Å². The number of hydrogen-bond donors (Lipinski definition) is 1. The maximum Gasteiger partial charge on any atom is 0.412 e. The van der Waals surface area contributed by atoms with E-state index in [0.29, 0.717) is 29.0 Å². The highest BCUT2D eigenvalue weighted by molar-refractivity contribution is 7.23. The first-order valence-electron chi connectivity index (χ1n) is 15.7. The number of nitrogens with one attached hydrogen (secondary N) is 1. The van der Waals surface area contributed by atoms with Gasteiger partial charge in [0.05, 0.1) is 35.4 Å². The molecule has 2 saturated heterocycles. The molecular weight excluding hydrogens is 626 g/mol. The van der Waals surface area contributed by atoms with Crippen molar-refractivity contribution in [2.24, 2.45) is 0 Å². The quantitative estimate of drug-likeness (QED) is 0.287. The number of fused-ring (bicyclic) bond motifs is 4. The normalized spacial score (nSPS) is 20.0. The Hall–Kier alpha value is -4.03. The fourth-order valence-electron chi connectivity index (χ4n) is 6.95. The molecule has 6 heterocycles. The van der Waals surface area contributed by atoms with Crippen LogP contribution in [-0.4, -0.2) is 88.8 Å². The standard InChI is InChI=1S/C33H36F2N8O3S/c1-33(2,3)46-32(44)40-30-19(10-36)25-28(37-12-23(34)29(25)47-30)24-22-16-45-15-21(22)20-11-38-31(39-27(20)26(24)35)43-9-7-18(14-43)42(5)17-6-8-41(4)13-17/h11-12,17-18H,6-9,13-16H2,1-5H3,(H,40,44)/t17-,18-/m0/s1. The van der Waals surface area contributed by atoms with Gasteiger partial charge in [0.1, 0.15) is 22.2 Å². The van der Waals surface area contributed by atoms with Gasteiger partial charge in [-0.05, 0) is 65.4 Å². The molecular formula is C33H36F2N8O3S. The summed E-state index contributed by atoms with van der Waals surface area (Å²) in [5.74, 6) is -0.902. The van der Waals surface area contributed by atoms with Gasteiger partial charge in [0.2, 0.25) is 5.95 Å². The van der Waals surface area contributed by atoms with Crippen molar-refractivity contribution >= 4 is 49.4 Å². The first kappa shape index (κ1) is 31.6. The monoisotopic (exact) mass is 662 g/mol. The summed E-state index contributed by atoms with van der Waals surface area (Å²) in [5, 5.41) is 13.5. The lowest BCUT2D eigenvalue weighted by atomic mass is 9.94. The van der Waals surface area contributed by atoms with Crippen LogP contribution in [0, 0.1) is 23.0 Å². The summed E-state index contributed by atoms with van der Waals surface area (Å²) in [6.45, 7) is 9.07. The molecule has 0 bridgehead atoms. The van der Waals surface area contributed by atoms with Gasteiger partial charge in [-0.15, -0.1) is 11.3 Å².